The zero-order chi connectivity index (χ0) is 14.8. The topological polar surface area (TPSA) is 74.9 Å². The number of amides is 3. The Morgan fingerprint density at radius 3 is 2.62 bits per heavy atom. The third kappa shape index (κ3) is 2.66. The van der Waals surface area contributed by atoms with E-state index in [0.29, 0.717) is 17.1 Å². The predicted molar refractivity (Wildman–Crippen MR) is 71.9 cm³/mol. The van der Waals surface area contributed by atoms with Crippen molar-refractivity contribution in [1.82, 2.24) is 10.3 Å². The molecule has 1 aliphatic heterocycles. The first kappa shape index (κ1) is 13.0. The molecule has 1 aromatic carbocycles. The highest BCUT2D eigenvalue weighted by molar-refractivity contribution is 6.02. The van der Waals surface area contributed by atoms with E-state index in [-0.39, 0.29) is 12.4 Å². The molecule has 0 bridgehead atoms. The number of hydrogen-bond donors (Lipinski definition) is 1. The maximum atomic E-state index is 12.8. The van der Waals surface area contributed by atoms with Crippen molar-refractivity contribution in [3.63, 3.8) is 0 Å². The van der Waals surface area contributed by atoms with Gasteiger partial charge in [0.25, 0.3) is 5.91 Å². The molecule has 0 atom stereocenters. The quantitative estimate of drug-likeness (QED) is 0.692. The van der Waals surface area contributed by atoms with Crippen LogP contribution in [-0.2, 0) is 4.79 Å². The Kier molecular flexibility index (Phi) is 3.23. The van der Waals surface area contributed by atoms with Crippen molar-refractivity contribution < 1.29 is 18.4 Å². The molecule has 0 unspecified atom stereocenters. The standard InChI is InChI=1S/C14H10FN3O3/c15-10-3-1-9(2-4-10)12-6-5-11(21-12)7-17-18-13(19)8-16-14(18)20/h1-7H,8H2,(H,16,20). The van der Waals surface area contributed by atoms with Crippen molar-refractivity contribution in [2.75, 3.05) is 6.54 Å². The summed E-state index contributed by atoms with van der Waals surface area (Å²) in [4.78, 5) is 22.6. The fourth-order valence-electron chi connectivity index (χ4n) is 1.84. The third-order valence-electron chi connectivity index (χ3n) is 2.88. The molecule has 106 valence electrons. The number of hydrazone groups is 1. The lowest BCUT2D eigenvalue weighted by atomic mass is 10.2. The van der Waals surface area contributed by atoms with Gasteiger partial charge >= 0.3 is 6.03 Å². The number of nitrogens with one attached hydrogen (secondary N) is 1. The Morgan fingerprint density at radius 1 is 1.19 bits per heavy atom. The molecule has 1 aliphatic rings. The van der Waals surface area contributed by atoms with Crippen LogP contribution in [0, 0.1) is 5.82 Å². The van der Waals surface area contributed by atoms with Crippen molar-refractivity contribution >= 4 is 18.2 Å². The lowest BCUT2D eigenvalue weighted by Gasteiger charge is -2.02. The first-order valence-electron chi connectivity index (χ1n) is 6.14. The van der Waals surface area contributed by atoms with E-state index in [1.54, 1.807) is 24.3 Å². The number of benzene rings is 1. The van der Waals surface area contributed by atoms with Gasteiger partial charge in [-0.15, -0.1) is 5.01 Å². The zero-order valence-electron chi connectivity index (χ0n) is 10.7. The Hall–Kier alpha value is -2.96. The molecule has 0 spiro atoms. The minimum absolute atomic E-state index is 0.0604. The van der Waals surface area contributed by atoms with Crippen LogP contribution in [0.4, 0.5) is 9.18 Å². The average Bonchev–Trinajstić information content (AvgIpc) is 3.06. The summed E-state index contributed by atoms with van der Waals surface area (Å²) in [5.74, 6) is 0.155. The summed E-state index contributed by atoms with van der Waals surface area (Å²) in [6, 6.07) is 8.61. The van der Waals surface area contributed by atoms with Crippen molar-refractivity contribution in [3.8, 4) is 11.3 Å². The lowest BCUT2D eigenvalue weighted by molar-refractivity contribution is -0.124. The Morgan fingerprint density at radius 2 is 1.95 bits per heavy atom. The van der Waals surface area contributed by atoms with Crippen molar-refractivity contribution in [3.05, 3.63) is 48.0 Å². The van der Waals surface area contributed by atoms with Crippen LogP contribution in [0.15, 0.2) is 45.9 Å². The van der Waals surface area contributed by atoms with Crippen LogP contribution in [0.25, 0.3) is 11.3 Å². The number of carbonyl (C=O) groups excluding carboxylic acids is 2. The molecule has 1 fully saturated rings. The van der Waals surface area contributed by atoms with Crippen LogP contribution >= 0.6 is 0 Å². The van der Waals surface area contributed by atoms with Crippen LogP contribution in [0.1, 0.15) is 5.76 Å². The number of halogens is 1. The smallest absolute Gasteiger partial charge is 0.345 e. The van der Waals surface area contributed by atoms with E-state index in [0.717, 1.165) is 5.01 Å². The molecule has 7 heteroatoms. The highest BCUT2D eigenvalue weighted by atomic mass is 19.1. The molecule has 2 heterocycles. The second-order valence-corrected chi connectivity index (χ2v) is 4.32. The predicted octanol–water partition coefficient (Wildman–Crippen LogP) is 1.97. The van der Waals surface area contributed by atoms with E-state index in [4.69, 9.17) is 4.42 Å². The SMILES string of the molecule is O=C1CNC(=O)N1N=Cc1ccc(-c2ccc(F)cc2)o1. The Balaban J connectivity index is 1.77. The molecule has 0 radical (unpaired) electrons. The number of carbonyl (C=O) groups is 2. The number of imide groups is 1. The summed E-state index contributed by atoms with van der Waals surface area (Å²) >= 11 is 0. The molecule has 3 amide bonds. The largest absolute Gasteiger partial charge is 0.455 e. The van der Waals surface area contributed by atoms with Gasteiger partial charge in [-0.25, -0.2) is 9.18 Å². The molecule has 21 heavy (non-hydrogen) atoms. The van der Waals surface area contributed by atoms with Crippen molar-refractivity contribution in [1.29, 1.82) is 0 Å². The fraction of sp³-hybridized carbons (Fsp3) is 0.0714. The molecule has 0 saturated carbocycles. The van der Waals surface area contributed by atoms with Crippen molar-refractivity contribution in [2.24, 2.45) is 5.10 Å². The summed E-state index contributed by atoms with van der Waals surface area (Å²) in [5.41, 5.74) is 0.714. The van der Waals surface area contributed by atoms with Gasteiger partial charge in [0.2, 0.25) is 0 Å². The summed E-state index contributed by atoms with van der Waals surface area (Å²) < 4.78 is 18.3. The Bertz CT molecular complexity index is 705. The first-order chi connectivity index (χ1) is 10.1. The number of rotatable bonds is 3. The van der Waals surface area contributed by atoms with Gasteiger partial charge in [-0.2, -0.15) is 5.10 Å². The second-order valence-electron chi connectivity index (χ2n) is 4.32. The van der Waals surface area contributed by atoms with Crippen LogP contribution in [-0.4, -0.2) is 29.7 Å². The van der Waals surface area contributed by atoms with Gasteiger partial charge in [-0.1, -0.05) is 0 Å². The van der Waals surface area contributed by atoms with Crippen LogP contribution in [0.2, 0.25) is 0 Å². The van der Waals surface area contributed by atoms with E-state index in [9.17, 15) is 14.0 Å². The van der Waals surface area contributed by atoms with Crippen LogP contribution < -0.4 is 5.32 Å². The summed E-state index contributed by atoms with van der Waals surface area (Å²) in [6.07, 6.45) is 1.27. The lowest BCUT2D eigenvalue weighted by Crippen LogP contribution is -2.25. The normalized spacial score (nSPS) is 15.0. The highest BCUT2D eigenvalue weighted by Gasteiger charge is 2.27. The first-order valence-corrected chi connectivity index (χ1v) is 6.14. The van der Waals surface area contributed by atoms with Crippen molar-refractivity contribution in [2.45, 2.75) is 0 Å². The highest BCUT2D eigenvalue weighted by Crippen LogP contribution is 2.21. The summed E-state index contributed by atoms with van der Waals surface area (Å²) in [5, 5.41) is 6.86. The maximum Gasteiger partial charge on any atom is 0.345 e. The molecule has 6 nitrogen and oxygen atoms in total. The van der Waals surface area contributed by atoms with Gasteiger partial charge in [0.1, 0.15) is 23.9 Å². The molecule has 0 aliphatic carbocycles. The monoisotopic (exact) mass is 287 g/mol. The van der Waals surface area contributed by atoms with E-state index < -0.39 is 11.9 Å². The number of furan rings is 1. The molecule has 2 aromatic rings. The third-order valence-corrected chi connectivity index (χ3v) is 2.88. The zero-order valence-corrected chi connectivity index (χ0v) is 10.7. The van der Waals surface area contributed by atoms with Gasteiger partial charge in [0.05, 0.1) is 6.21 Å². The van der Waals surface area contributed by atoms with E-state index >= 15 is 0 Å². The van der Waals surface area contributed by atoms with Crippen LogP contribution in [0.5, 0.6) is 0 Å². The maximum absolute atomic E-state index is 12.8. The minimum atomic E-state index is -0.568. The van der Waals surface area contributed by atoms with Gasteiger partial charge < -0.3 is 9.73 Å². The summed E-state index contributed by atoms with van der Waals surface area (Å²) in [6.45, 7) is -0.0604. The summed E-state index contributed by atoms with van der Waals surface area (Å²) in [7, 11) is 0. The van der Waals surface area contributed by atoms with Crippen LogP contribution in [0.3, 0.4) is 0 Å². The van der Waals surface area contributed by atoms with E-state index in [1.165, 1.54) is 18.3 Å². The number of hydrogen-bond acceptors (Lipinski definition) is 4. The fourth-order valence-corrected chi connectivity index (χ4v) is 1.84. The van der Waals surface area contributed by atoms with Gasteiger partial charge in [0, 0.05) is 5.56 Å². The average molecular weight is 287 g/mol. The van der Waals surface area contributed by atoms with Gasteiger partial charge in [-0.3, -0.25) is 4.79 Å². The second kappa shape index (κ2) is 5.20. The molecule has 1 aromatic heterocycles. The van der Waals surface area contributed by atoms with Gasteiger partial charge in [-0.05, 0) is 36.4 Å². The van der Waals surface area contributed by atoms with E-state index in [1.807, 2.05) is 0 Å². The minimum Gasteiger partial charge on any atom is -0.455 e. The molecular formula is C14H10FN3O3. The Labute approximate surface area is 118 Å². The molecule has 1 N–H and O–H groups in total. The van der Waals surface area contributed by atoms with E-state index in [2.05, 4.69) is 10.4 Å². The molecule has 3 rings (SSSR count). The number of nitrogens with zero attached hydrogens (tertiary/aromatic N) is 2. The van der Waals surface area contributed by atoms with Gasteiger partial charge in [0.15, 0.2) is 0 Å². The number of urea groups is 1. The molecule has 1 saturated heterocycles. The molecular weight excluding hydrogens is 277 g/mol.